The molecule has 0 spiro atoms. The lowest BCUT2D eigenvalue weighted by atomic mass is 10.1. The van der Waals surface area contributed by atoms with Gasteiger partial charge in [0.15, 0.2) is 0 Å². The van der Waals surface area contributed by atoms with E-state index in [1.54, 1.807) is 11.0 Å². The van der Waals surface area contributed by atoms with E-state index in [9.17, 15) is 17.6 Å². The lowest BCUT2D eigenvalue weighted by molar-refractivity contribution is -0.126. The summed E-state index contributed by atoms with van der Waals surface area (Å²) in [5, 5.41) is 0. The van der Waals surface area contributed by atoms with E-state index < -0.39 is 15.8 Å². The van der Waals surface area contributed by atoms with Crippen LogP contribution in [0.1, 0.15) is 18.4 Å². The van der Waals surface area contributed by atoms with Crippen molar-refractivity contribution in [3.63, 3.8) is 0 Å². The van der Waals surface area contributed by atoms with Crippen molar-refractivity contribution in [3.05, 3.63) is 70.5 Å². The third-order valence-corrected chi connectivity index (χ3v) is 6.82. The summed E-state index contributed by atoms with van der Waals surface area (Å²) in [5.74, 6) is -0.586. The highest BCUT2D eigenvalue weighted by Gasteiger charge is 2.26. The normalized spacial score (nSPS) is 15.9. The molecule has 1 fully saturated rings. The molecule has 1 aliphatic heterocycles. The summed E-state index contributed by atoms with van der Waals surface area (Å²) in [4.78, 5) is 14.1. The van der Waals surface area contributed by atoms with Gasteiger partial charge < -0.3 is 4.90 Å². The molecule has 0 aromatic heterocycles. The lowest BCUT2D eigenvalue weighted by Crippen LogP contribution is -2.46. The van der Waals surface area contributed by atoms with Gasteiger partial charge in [-0.25, -0.2) is 17.5 Å². The van der Waals surface area contributed by atoms with Crippen molar-refractivity contribution < 1.29 is 17.6 Å². The first kappa shape index (κ1) is 20.7. The highest BCUT2D eigenvalue weighted by molar-refractivity contribution is 9.10. The Morgan fingerprint density at radius 1 is 1.11 bits per heavy atom. The highest BCUT2D eigenvalue weighted by atomic mass is 79.9. The van der Waals surface area contributed by atoms with Crippen LogP contribution in [0, 0.1) is 5.82 Å². The Hall–Kier alpha value is -2.03. The minimum Gasteiger partial charge on any atom is -0.339 e. The van der Waals surface area contributed by atoms with Crippen LogP contribution in [-0.4, -0.2) is 38.4 Å². The number of piperidine rings is 1. The van der Waals surface area contributed by atoms with Gasteiger partial charge in [0.25, 0.3) is 0 Å². The first-order valence-corrected chi connectivity index (χ1v) is 11.1. The van der Waals surface area contributed by atoms with Crippen LogP contribution in [0.2, 0.25) is 0 Å². The molecular formula is C20H20BrFN2O3S. The summed E-state index contributed by atoms with van der Waals surface area (Å²) in [5.41, 5.74) is 0.915. The topological polar surface area (TPSA) is 66.5 Å². The molecule has 1 amide bonds. The van der Waals surface area contributed by atoms with Crippen molar-refractivity contribution in [2.75, 3.05) is 13.1 Å². The zero-order valence-corrected chi connectivity index (χ0v) is 17.4. The van der Waals surface area contributed by atoms with Gasteiger partial charge in [-0.1, -0.05) is 34.1 Å². The van der Waals surface area contributed by atoms with Gasteiger partial charge in [0.1, 0.15) is 5.82 Å². The number of hydrogen-bond acceptors (Lipinski definition) is 3. The summed E-state index contributed by atoms with van der Waals surface area (Å²) in [6, 6.07) is 12.1. The van der Waals surface area contributed by atoms with Gasteiger partial charge in [0.05, 0.1) is 4.90 Å². The fourth-order valence-corrected chi connectivity index (χ4v) is 4.72. The Labute approximate surface area is 172 Å². The number of rotatable bonds is 5. The number of hydrogen-bond donors (Lipinski definition) is 1. The molecule has 1 aliphatic rings. The maximum Gasteiger partial charge on any atom is 0.246 e. The molecule has 0 aliphatic carbocycles. The molecule has 148 valence electrons. The second-order valence-corrected chi connectivity index (χ2v) is 9.10. The monoisotopic (exact) mass is 466 g/mol. The van der Waals surface area contributed by atoms with Gasteiger partial charge in [-0.3, -0.25) is 4.79 Å². The van der Waals surface area contributed by atoms with Crippen molar-refractivity contribution in [2.45, 2.75) is 23.8 Å². The molecule has 0 bridgehead atoms. The molecule has 2 aromatic carbocycles. The van der Waals surface area contributed by atoms with Crippen LogP contribution in [0.15, 0.2) is 64.0 Å². The molecule has 8 heteroatoms. The van der Waals surface area contributed by atoms with Crippen molar-refractivity contribution in [1.82, 2.24) is 9.62 Å². The number of sulfonamides is 1. The van der Waals surface area contributed by atoms with E-state index in [-0.39, 0.29) is 16.8 Å². The summed E-state index contributed by atoms with van der Waals surface area (Å²) in [6.45, 7) is 0.936. The Bertz CT molecular complexity index is 969. The number of amides is 1. The van der Waals surface area contributed by atoms with E-state index in [2.05, 4.69) is 20.7 Å². The number of halogens is 2. The first-order chi connectivity index (χ1) is 13.3. The van der Waals surface area contributed by atoms with Crippen LogP contribution in [-0.2, 0) is 14.8 Å². The van der Waals surface area contributed by atoms with E-state index >= 15 is 0 Å². The molecule has 3 rings (SSSR count). The first-order valence-electron chi connectivity index (χ1n) is 8.84. The van der Waals surface area contributed by atoms with E-state index in [1.807, 2.05) is 24.3 Å². The average Bonchev–Trinajstić information content (AvgIpc) is 2.68. The SMILES string of the molecule is O=C(/C=C/c1ccccc1Br)N1CCC(NS(=O)(=O)c2ccc(F)cc2)CC1. The predicted molar refractivity (Wildman–Crippen MR) is 109 cm³/mol. The van der Waals surface area contributed by atoms with E-state index in [1.165, 1.54) is 18.2 Å². The molecule has 5 nitrogen and oxygen atoms in total. The Kier molecular flexibility index (Phi) is 6.64. The maximum absolute atomic E-state index is 13.0. The molecule has 0 unspecified atom stereocenters. The zero-order chi connectivity index (χ0) is 20.1. The minimum absolute atomic E-state index is 0.0313. The van der Waals surface area contributed by atoms with Crippen molar-refractivity contribution in [1.29, 1.82) is 0 Å². The van der Waals surface area contributed by atoms with E-state index in [4.69, 9.17) is 0 Å². The number of carbonyl (C=O) groups excluding carboxylic acids is 1. The number of carbonyl (C=O) groups is 1. The maximum atomic E-state index is 13.0. The number of benzene rings is 2. The Morgan fingerprint density at radius 3 is 2.39 bits per heavy atom. The van der Waals surface area contributed by atoms with Gasteiger partial charge in [0.2, 0.25) is 15.9 Å². The molecule has 1 saturated heterocycles. The van der Waals surface area contributed by atoms with Crippen LogP contribution in [0.4, 0.5) is 4.39 Å². The van der Waals surface area contributed by atoms with Crippen LogP contribution in [0.5, 0.6) is 0 Å². The quantitative estimate of drug-likeness (QED) is 0.684. The highest BCUT2D eigenvalue weighted by Crippen LogP contribution is 2.19. The Balaban J connectivity index is 1.55. The minimum atomic E-state index is -3.70. The van der Waals surface area contributed by atoms with Crippen LogP contribution in [0.25, 0.3) is 6.08 Å². The van der Waals surface area contributed by atoms with Crippen LogP contribution in [0.3, 0.4) is 0 Å². The fraction of sp³-hybridized carbons (Fsp3) is 0.250. The second-order valence-electron chi connectivity index (χ2n) is 6.53. The van der Waals surface area contributed by atoms with Crippen LogP contribution < -0.4 is 4.72 Å². The summed E-state index contributed by atoms with van der Waals surface area (Å²) < 4.78 is 41.3. The molecule has 0 saturated carbocycles. The largest absolute Gasteiger partial charge is 0.339 e. The molecule has 28 heavy (non-hydrogen) atoms. The number of likely N-dealkylation sites (tertiary alicyclic amines) is 1. The summed E-state index contributed by atoms with van der Waals surface area (Å²) in [6.07, 6.45) is 4.34. The zero-order valence-electron chi connectivity index (χ0n) is 15.0. The van der Waals surface area contributed by atoms with Crippen molar-refractivity contribution in [3.8, 4) is 0 Å². The molecule has 0 atom stereocenters. The van der Waals surface area contributed by atoms with E-state index in [0.717, 1.165) is 22.2 Å². The van der Waals surface area contributed by atoms with Crippen molar-refractivity contribution in [2.24, 2.45) is 0 Å². The molecule has 0 radical (unpaired) electrons. The molecule has 1 heterocycles. The fourth-order valence-electron chi connectivity index (χ4n) is 3.00. The van der Waals surface area contributed by atoms with Gasteiger partial charge in [-0.2, -0.15) is 0 Å². The van der Waals surface area contributed by atoms with Crippen LogP contribution >= 0.6 is 15.9 Å². The third-order valence-electron chi connectivity index (χ3n) is 4.56. The average molecular weight is 467 g/mol. The molecular weight excluding hydrogens is 447 g/mol. The molecule has 1 N–H and O–H groups in total. The van der Waals surface area contributed by atoms with Gasteiger partial charge in [0, 0.05) is 29.7 Å². The number of nitrogens with zero attached hydrogens (tertiary/aromatic N) is 1. The lowest BCUT2D eigenvalue weighted by Gasteiger charge is -2.31. The third kappa shape index (κ3) is 5.27. The van der Waals surface area contributed by atoms with Gasteiger partial charge in [-0.05, 0) is 54.8 Å². The summed E-state index contributed by atoms with van der Waals surface area (Å²) >= 11 is 3.44. The van der Waals surface area contributed by atoms with Crippen molar-refractivity contribution >= 4 is 37.9 Å². The standard InChI is InChI=1S/C20H20BrFN2O3S/c21-19-4-2-1-3-15(19)5-10-20(25)24-13-11-17(12-14-24)23-28(26,27)18-8-6-16(22)7-9-18/h1-10,17,23H,11-14H2/b10-5+. The van der Waals surface area contributed by atoms with E-state index in [0.29, 0.717) is 25.9 Å². The number of nitrogens with one attached hydrogen (secondary N) is 1. The Morgan fingerprint density at radius 2 is 1.75 bits per heavy atom. The second kappa shape index (κ2) is 8.98. The smallest absolute Gasteiger partial charge is 0.246 e. The predicted octanol–water partition coefficient (Wildman–Crippen LogP) is 3.57. The summed E-state index contributed by atoms with van der Waals surface area (Å²) in [7, 11) is -3.70. The van der Waals surface area contributed by atoms with Gasteiger partial charge in [-0.15, -0.1) is 0 Å². The molecule has 2 aromatic rings. The van der Waals surface area contributed by atoms with Gasteiger partial charge >= 0.3 is 0 Å².